The summed E-state index contributed by atoms with van der Waals surface area (Å²) in [6.07, 6.45) is 3.78. The second kappa shape index (κ2) is 6.92. The van der Waals surface area contributed by atoms with Crippen molar-refractivity contribution in [3.05, 3.63) is 16.1 Å². The van der Waals surface area contributed by atoms with E-state index in [-0.39, 0.29) is 41.3 Å². The average Bonchev–Trinajstić information content (AvgIpc) is 2.84. The fourth-order valence-corrected chi connectivity index (χ4v) is 2.38. The molecule has 0 spiro atoms. The number of likely N-dealkylation sites (tertiary alicyclic amines) is 1. The van der Waals surface area contributed by atoms with Gasteiger partial charge in [0.1, 0.15) is 5.69 Å². The van der Waals surface area contributed by atoms with Gasteiger partial charge in [-0.1, -0.05) is 0 Å². The quantitative estimate of drug-likeness (QED) is 0.449. The number of hydrogen-bond acceptors (Lipinski definition) is 5. The monoisotopic (exact) mass is 247 g/mol. The number of carbonyl (C=O) groups is 1. The van der Waals surface area contributed by atoms with Crippen LogP contribution in [0.15, 0.2) is 5.38 Å². The van der Waals surface area contributed by atoms with Gasteiger partial charge < -0.3 is 15.2 Å². The molecule has 0 aliphatic carbocycles. The van der Waals surface area contributed by atoms with E-state index in [2.05, 4.69) is 4.98 Å². The van der Waals surface area contributed by atoms with E-state index >= 15 is 0 Å². The summed E-state index contributed by atoms with van der Waals surface area (Å²) in [5.74, 6) is -0.0715. The fraction of sp³-hybridized carbons (Fsp3) is 0.500. The molecule has 0 aromatic carbocycles. The van der Waals surface area contributed by atoms with Gasteiger partial charge in [-0.3, -0.25) is 9.78 Å². The van der Waals surface area contributed by atoms with E-state index in [4.69, 9.17) is 0 Å². The molecular formula is C10H12LiN2O3S-. The maximum Gasteiger partial charge on any atom is 1.00 e. The van der Waals surface area contributed by atoms with Crippen molar-refractivity contribution in [1.29, 1.82) is 0 Å². The summed E-state index contributed by atoms with van der Waals surface area (Å²) in [6.45, 7) is 2.82. The Hall–Kier alpha value is -0.673. The minimum absolute atomic E-state index is 0. The molecule has 0 radical (unpaired) electrons. The fourth-order valence-electron chi connectivity index (χ4n) is 1.80. The van der Waals surface area contributed by atoms with Crippen molar-refractivity contribution in [2.45, 2.75) is 25.8 Å². The van der Waals surface area contributed by atoms with E-state index in [0.717, 1.165) is 30.7 Å². The standard InChI is InChI=1S/C10H11N2O2S.Li.H2O/c1-7-3-2-4-12(7)10(14)8-6-15-9(5-13)11-8;;/h6-7H,2-4H2,1H3;;1H2/q-1;+1;/p-1/t7-;;/m0../s1. The molecule has 1 N–H and O–H groups in total. The van der Waals surface area contributed by atoms with Crippen LogP contribution in [-0.2, 0) is 4.79 Å². The van der Waals surface area contributed by atoms with Crippen LogP contribution in [0.3, 0.4) is 0 Å². The molecule has 1 fully saturated rings. The summed E-state index contributed by atoms with van der Waals surface area (Å²) >= 11 is 1.16. The van der Waals surface area contributed by atoms with Gasteiger partial charge >= 0.3 is 18.9 Å². The Bertz CT molecular complexity index is 397. The zero-order chi connectivity index (χ0) is 10.8. The molecule has 1 amide bonds. The second-order valence-corrected chi connectivity index (χ2v) is 4.49. The van der Waals surface area contributed by atoms with Crippen molar-refractivity contribution in [2.75, 3.05) is 6.54 Å². The van der Waals surface area contributed by atoms with Crippen molar-refractivity contribution in [1.82, 2.24) is 9.88 Å². The minimum Gasteiger partial charge on any atom is -0.870 e. The van der Waals surface area contributed by atoms with Crippen LogP contribution in [0.25, 0.3) is 0 Å². The zero-order valence-corrected chi connectivity index (χ0v) is 10.7. The van der Waals surface area contributed by atoms with Crippen molar-refractivity contribution >= 4 is 23.5 Å². The van der Waals surface area contributed by atoms with Crippen LogP contribution < -0.4 is 18.9 Å². The summed E-state index contributed by atoms with van der Waals surface area (Å²) in [7, 11) is 0. The van der Waals surface area contributed by atoms with Gasteiger partial charge in [-0.2, -0.15) is 11.3 Å². The summed E-state index contributed by atoms with van der Waals surface area (Å²) in [4.78, 5) is 28.0. The molecular weight excluding hydrogens is 235 g/mol. The third kappa shape index (κ3) is 3.39. The number of carbonyl (C=O) groups excluding carboxylic acids is 2. The van der Waals surface area contributed by atoms with Gasteiger partial charge in [0.05, 0.1) is 0 Å². The number of amides is 1. The molecule has 0 bridgehead atoms. The van der Waals surface area contributed by atoms with E-state index in [1.165, 1.54) is 0 Å². The molecule has 17 heavy (non-hydrogen) atoms. The molecule has 0 saturated carbocycles. The maximum atomic E-state index is 11.9. The summed E-state index contributed by atoms with van der Waals surface area (Å²) in [6, 6.07) is 0.280. The van der Waals surface area contributed by atoms with Gasteiger partial charge in [0.2, 0.25) is 0 Å². The Labute approximate surface area is 116 Å². The smallest absolute Gasteiger partial charge is 0.870 e. The molecule has 2 rings (SSSR count). The van der Waals surface area contributed by atoms with Gasteiger partial charge in [-0.25, -0.2) is 6.29 Å². The van der Waals surface area contributed by atoms with Crippen molar-refractivity contribution < 1.29 is 33.9 Å². The van der Waals surface area contributed by atoms with Gasteiger partial charge in [-0.05, 0) is 24.8 Å². The summed E-state index contributed by atoms with van der Waals surface area (Å²) < 4.78 is 0. The van der Waals surface area contributed by atoms with E-state index < -0.39 is 0 Å². The Kier molecular flexibility index (Phi) is 6.64. The second-order valence-electron chi connectivity index (χ2n) is 3.63. The normalized spacial score (nSPS) is 18.2. The van der Waals surface area contributed by atoms with E-state index in [1.807, 2.05) is 11.8 Å². The summed E-state index contributed by atoms with van der Waals surface area (Å²) in [5.41, 5.74) is 0.368. The molecule has 7 heteroatoms. The average molecular weight is 247 g/mol. The Morgan fingerprint density at radius 3 is 2.82 bits per heavy atom. The Balaban J connectivity index is 0.00000128. The Morgan fingerprint density at radius 2 is 2.35 bits per heavy atom. The van der Waals surface area contributed by atoms with E-state index in [0.29, 0.717) is 5.69 Å². The van der Waals surface area contributed by atoms with Gasteiger partial charge in [-0.15, -0.1) is 0 Å². The van der Waals surface area contributed by atoms with Crippen molar-refractivity contribution in [2.24, 2.45) is 0 Å². The van der Waals surface area contributed by atoms with Gasteiger partial charge in [0.15, 0.2) is 0 Å². The van der Waals surface area contributed by atoms with Crippen molar-refractivity contribution in [3.8, 4) is 0 Å². The van der Waals surface area contributed by atoms with Crippen molar-refractivity contribution in [3.63, 3.8) is 0 Å². The largest absolute Gasteiger partial charge is 1.00 e. The van der Waals surface area contributed by atoms with Crippen LogP contribution in [0.4, 0.5) is 0 Å². The van der Waals surface area contributed by atoms with Crippen LogP contribution in [0, 0.1) is 0 Å². The number of aromatic nitrogens is 1. The van der Waals surface area contributed by atoms with Crippen LogP contribution in [-0.4, -0.2) is 40.1 Å². The molecule has 1 aromatic heterocycles. The molecule has 1 saturated heterocycles. The Morgan fingerprint density at radius 1 is 1.65 bits per heavy atom. The number of nitrogens with zero attached hydrogens (tertiary/aromatic N) is 2. The molecule has 0 unspecified atom stereocenters. The van der Waals surface area contributed by atoms with Gasteiger partial charge in [0, 0.05) is 18.0 Å². The van der Waals surface area contributed by atoms with Gasteiger partial charge in [0.25, 0.3) is 5.91 Å². The van der Waals surface area contributed by atoms with Crippen LogP contribution in [0.5, 0.6) is 0 Å². The molecule has 1 aliphatic rings. The molecule has 88 valence electrons. The zero-order valence-electron chi connectivity index (χ0n) is 9.84. The first-order chi connectivity index (χ1) is 7.22. The van der Waals surface area contributed by atoms with E-state index in [9.17, 15) is 9.59 Å². The minimum atomic E-state index is -0.0715. The number of hydrogen-bond donors (Lipinski definition) is 0. The molecule has 1 atom stereocenters. The molecule has 1 aromatic rings. The van der Waals surface area contributed by atoms with E-state index in [1.54, 1.807) is 11.7 Å². The number of thiazole rings is 1. The SMILES string of the molecule is C[C@H]1CCCN1C(=O)c1csc([C-]=O)n1.[Li+].[OH-]. The number of rotatable bonds is 2. The first kappa shape index (κ1) is 16.3. The maximum absolute atomic E-state index is 11.9. The first-order valence-corrected chi connectivity index (χ1v) is 5.75. The van der Waals surface area contributed by atoms with Crippen LogP contribution in [0.2, 0.25) is 0 Å². The molecule has 1 aliphatic heterocycles. The molecule has 2 heterocycles. The summed E-state index contributed by atoms with van der Waals surface area (Å²) in [5, 5.41) is 1.86. The predicted molar refractivity (Wildman–Crippen MR) is 58.6 cm³/mol. The van der Waals surface area contributed by atoms with Crippen LogP contribution in [0.1, 0.15) is 35.3 Å². The molecule has 5 nitrogen and oxygen atoms in total. The van der Waals surface area contributed by atoms with Crippen LogP contribution >= 0.6 is 11.3 Å². The topological polar surface area (TPSA) is 80.3 Å². The predicted octanol–water partition coefficient (Wildman–Crippen LogP) is -1.95. The third-order valence-electron chi connectivity index (χ3n) is 2.62. The first-order valence-electron chi connectivity index (χ1n) is 4.87. The third-order valence-corrected chi connectivity index (χ3v) is 3.36.